The Balaban J connectivity index is 0.00000300. The molecule has 0 spiro atoms. The van der Waals surface area contributed by atoms with Crippen molar-refractivity contribution in [2.75, 3.05) is 32.8 Å². The van der Waals surface area contributed by atoms with Crippen molar-refractivity contribution in [3.8, 4) is 0 Å². The van der Waals surface area contributed by atoms with Crippen molar-refractivity contribution >= 4 is 29.9 Å². The highest BCUT2D eigenvalue weighted by Crippen LogP contribution is 2.12. The fraction of sp³-hybridized carbons (Fsp3) is 0.550. The number of hydrogen-bond donors (Lipinski definition) is 2. The van der Waals surface area contributed by atoms with E-state index in [-0.39, 0.29) is 29.8 Å². The zero-order chi connectivity index (χ0) is 19.6. The summed E-state index contributed by atoms with van der Waals surface area (Å²) in [4.78, 5) is 4.73. The largest absolute Gasteiger partial charge is 0.381 e. The Morgan fingerprint density at radius 2 is 2.07 bits per heavy atom. The summed E-state index contributed by atoms with van der Waals surface area (Å²) in [6.07, 6.45) is 4.49. The molecular weight excluding hydrogens is 486 g/mol. The molecule has 2 aromatic rings. The number of guanidine groups is 1. The molecule has 160 valence electrons. The smallest absolute Gasteiger partial charge is 0.191 e. The minimum Gasteiger partial charge on any atom is -0.381 e. The first-order valence-corrected chi connectivity index (χ1v) is 9.95. The van der Waals surface area contributed by atoms with Crippen molar-refractivity contribution in [3.05, 3.63) is 47.8 Å². The lowest BCUT2D eigenvalue weighted by Crippen LogP contribution is -2.40. The molecule has 0 radical (unpaired) electrons. The van der Waals surface area contributed by atoms with Gasteiger partial charge in [-0.25, -0.2) is 4.39 Å². The van der Waals surface area contributed by atoms with Gasteiger partial charge >= 0.3 is 0 Å². The van der Waals surface area contributed by atoms with Gasteiger partial charge < -0.3 is 19.9 Å². The number of nitrogens with zero attached hydrogens (tertiary/aromatic N) is 4. The zero-order valence-corrected chi connectivity index (χ0v) is 19.1. The summed E-state index contributed by atoms with van der Waals surface area (Å²) in [6.45, 7) is 6.67. The van der Waals surface area contributed by atoms with Gasteiger partial charge in [0.05, 0.1) is 6.61 Å². The lowest BCUT2D eigenvalue weighted by molar-refractivity contribution is 0.187. The van der Waals surface area contributed by atoms with Gasteiger partial charge in [0.25, 0.3) is 0 Å². The normalized spacial score (nSPS) is 16.5. The van der Waals surface area contributed by atoms with Crippen LogP contribution in [-0.4, -0.2) is 53.6 Å². The van der Waals surface area contributed by atoms with Crippen LogP contribution in [0.1, 0.15) is 24.7 Å². The Kier molecular flexibility index (Phi) is 10.3. The van der Waals surface area contributed by atoms with Crippen molar-refractivity contribution < 1.29 is 9.13 Å². The lowest BCUT2D eigenvalue weighted by atomic mass is 10.1. The summed E-state index contributed by atoms with van der Waals surface area (Å²) in [6, 6.07) is 6.62. The summed E-state index contributed by atoms with van der Waals surface area (Å²) in [7, 11) is 0. The number of ether oxygens (including phenoxy) is 1. The van der Waals surface area contributed by atoms with E-state index in [1.165, 1.54) is 12.1 Å². The van der Waals surface area contributed by atoms with Crippen molar-refractivity contribution in [2.24, 2.45) is 10.9 Å². The Morgan fingerprint density at radius 1 is 1.28 bits per heavy atom. The molecule has 1 saturated heterocycles. The second-order valence-electron chi connectivity index (χ2n) is 6.94. The van der Waals surface area contributed by atoms with E-state index in [9.17, 15) is 4.39 Å². The monoisotopic (exact) mass is 516 g/mol. The van der Waals surface area contributed by atoms with Gasteiger partial charge in [-0.2, -0.15) is 0 Å². The molecule has 1 aromatic carbocycles. The highest BCUT2D eigenvalue weighted by Gasteiger charge is 2.15. The van der Waals surface area contributed by atoms with Crippen LogP contribution in [-0.2, 0) is 24.1 Å². The van der Waals surface area contributed by atoms with E-state index < -0.39 is 0 Å². The first-order chi connectivity index (χ1) is 13.7. The third kappa shape index (κ3) is 7.88. The van der Waals surface area contributed by atoms with Gasteiger partial charge in [-0.1, -0.05) is 19.1 Å². The zero-order valence-electron chi connectivity index (χ0n) is 16.8. The Labute approximate surface area is 188 Å². The van der Waals surface area contributed by atoms with Crippen molar-refractivity contribution in [1.82, 2.24) is 25.4 Å². The molecule has 0 aliphatic carbocycles. The molecule has 7 nitrogen and oxygen atoms in total. The molecular formula is C20H30FIN6O. The van der Waals surface area contributed by atoms with Crippen molar-refractivity contribution in [1.29, 1.82) is 0 Å². The molecule has 1 aromatic heterocycles. The summed E-state index contributed by atoms with van der Waals surface area (Å²) in [5.74, 6) is 2.05. The Morgan fingerprint density at radius 3 is 2.79 bits per heavy atom. The SMILES string of the molecule is CCc1nncn1CCNC(=NCC1CCOC1)NCCc1ccc(F)cc1.I. The molecule has 0 amide bonds. The molecule has 0 saturated carbocycles. The van der Waals surface area contributed by atoms with E-state index in [1.807, 2.05) is 16.7 Å². The maximum Gasteiger partial charge on any atom is 0.191 e. The van der Waals surface area contributed by atoms with Gasteiger partial charge in [0, 0.05) is 45.1 Å². The molecule has 1 atom stereocenters. The molecule has 2 N–H and O–H groups in total. The number of aliphatic imine (C=N–C) groups is 1. The Hall–Kier alpha value is -1.75. The maximum absolute atomic E-state index is 13.0. The van der Waals surface area contributed by atoms with Crippen LogP contribution in [0.3, 0.4) is 0 Å². The van der Waals surface area contributed by atoms with Crippen LogP contribution in [0, 0.1) is 11.7 Å². The minimum atomic E-state index is -0.208. The fourth-order valence-corrected chi connectivity index (χ4v) is 3.13. The predicted molar refractivity (Wildman–Crippen MR) is 122 cm³/mol. The van der Waals surface area contributed by atoms with E-state index >= 15 is 0 Å². The summed E-state index contributed by atoms with van der Waals surface area (Å²) < 4.78 is 20.5. The molecule has 1 unspecified atom stereocenters. The average Bonchev–Trinajstić information content (AvgIpc) is 3.38. The van der Waals surface area contributed by atoms with E-state index in [2.05, 4.69) is 27.8 Å². The average molecular weight is 516 g/mol. The van der Waals surface area contributed by atoms with Gasteiger partial charge in [0.2, 0.25) is 0 Å². The third-order valence-corrected chi connectivity index (χ3v) is 4.81. The molecule has 3 rings (SSSR count). The molecule has 1 fully saturated rings. The maximum atomic E-state index is 13.0. The van der Waals surface area contributed by atoms with E-state index in [0.717, 1.165) is 76.0 Å². The first-order valence-electron chi connectivity index (χ1n) is 9.95. The number of rotatable bonds is 9. The second kappa shape index (κ2) is 12.7. The van der Waals surface area contributed by atoms with Crippen LogP contribution in [0.25, 0.3) is 0 Å². The Bertz CT molecular complexity index is 746. The van der Waals surface area contributed by atoms with Crippen LogP contribution in [0.2, 0.25) is 0 Å². The molecule has 1 aliphatic heterocycles. The first kappa shape index (κ1) is 23.5. The molecule has 0 bridgehead atoms. The quantitative estimate of drug-likeness (QED) is 0.304. The van der Waals surface area contributed by atoms with Crippen molar-refractivity contribution in [3.63, 3.8) is 0 Å². The molecule has 2 heterocycles. The molecule has 9 heteroatoms. The number of hydrogen-bond acceptors (Lipinski definition) is 4. The van der Waals surface area contributed by atoms with E-state index in [4.69, 9.17) is 9.73 Å². The topological polar surface area (TPSA) is 76.4 Å². The number of benzene rings is 1. The number of halogens is 2. The van der Waals surface area contributed by atoms with Gasteiger partial charge in [-0.05, 0) is 30.5 Å². The van der Waals surface area contributed by atoms with E-state index in [1.54, 1.807) is 6.33 Å². The summed E-state index contributed by atoms with van der Waals surface area (Å²) >= 11 is 0. The van der Waals surface area contributed by atoms with Crippen LogP contribution in [0.5, 0.6) is 0 Å². The minimum absolute atomic E-state index is 0. The van der Waals surface area contributed by atoms with Crippen LogP contribution in [0.15, 0.2) is 35.6 Å². The molecule has 1 aliphatic rings. The predicted octanol–water partition coefficient (Wildman–Crippen LogP) is 2.41. The standard InChI is InChI=1S/C20H29FN6O.HI/c1-2-19-26-25-15-27(19)11-10-23-20(24-13-17-8-12-28-14-17)22-9-7-16-3-5-18(21)6-4-16;/h3-6,15,17H,2,7-14H2,1H3,(H2,22,23,24);1H. The van der Waals surface area contributed by atoms with E-state index in [0.29, 0.717) is 5.92 Å². The summed E-state index contributed by atoms with van der Waals surface area (Å²) in [5, 5.41) is 14.8. The van der Waals surface area contributed by atoms with Crippen LogP contribution in [0.4, 0.5) is 4.39 Å². The number of aryl methyl sites for hydroxylation is 1. The second-order valence-corrected chi connectivity index (χ2v) is 6.94. The van der Waals surface area contributed by atoms with Gasteiger partial charge in [-0.15, -0.1) is 34.2 Å². The lowest BCUT2D eigenvalue weighted by Gasteiger charge is -2.14. The molecule has 29 heavy (non-hydrogen) atoms. The van der Waals surface area contributed by atoms with Gasteiger partial charge in [0.15, 0.2) is 5.96 Å². The fourth-order valence-electron chi connectivity index (χ4n) is 3.13. The highest BCUT2D eigenvalue weighted by molar-refractivity contribution is 14.0. The van der Waals surface area contributed by atoms with Gasteiger partial charge in [0.1, 0.15) is 18.0 Å². The highest BCUT2D eigenvalue weighted by atomic mass is 127. The summed E-state index contributed by atoms with van der Waals surface area (Å²) in [5.41, 5.74) is 1.09. The van der Waals surface area contributed by atoms with Gasteiger partial charge in [-0.3, -0.25) is 4.99 Å². The number of aromatic nitrogens is 3. The van der Waals surface area contributed by atoms with Crippen LogP contribution < -0.4 is 10.6 Å². The number of nitrogens with one attached hydrogen (secondary N) is 2. The van der Waals surface area contributed by atoms with Crippen LogP contribution >= 0.6 is 24.0 Å². The van der Waals surface area contributed by atoms with Crippen molar-refractivity contribution in [2.45, 2.75) is 32.7 Å². The third-order valence-electron chi connectivity index (χ3n) is 4.81.